The molecule has 2 amide bonds. The molecule has 23 heavy (non-hydrogen) atoms. The minimum atomic E-state index is -0.190. The summed E-state index contributed by atoms with van der Waals surface area (Å²) >= 11 is 0. The van der Waals surface area contributed by atoms with Crippen LogP contribution < -0.4 is 5.32 Å². The number of nitrogens with zero attached hydrogens (tertiary/aromatic N) is 4. The van der Waals surface area contributed by atoms with Crippen LogP contribution in [0.2, 0.25) is 0 Å². The van der Waals surface area contributed by atoms with Gasteiger partial charge >= 0.3 is 6.03 Å². The van der Waals surface area contributed by atoms with Crippen molar-refractivity contribution in [3.8, 4) is 0 Å². The summed E-state index contributed by atoms with van der Waals surface area (Å²) in [5.41, 5.74) is 3.01. The van der Waals surface area contributed by atoms with Crippen molar-refractivity contribution in [2.45, 2.75) is 13.3 Å². The molecule has 0 aliphatic heterocycles. The molecule has 0 radical (unpaired) electrons. The van der Waals surface area contributed by atoms with E-state index in [4.69, 9.17) is 4.52 Å². The topological polar surface area (TPSA) is 84.2 Å². The number of fused-ring (bicyclic) bond motifs is 1. The van der Waals surface area contributed by atoms with E-state index >= 15 is 0 Å². The van der Waals surface area contributed by atoms with Gasteiger partial charge in [0, 0.05) is 55.7 Å². The van der Waals surface area contributed by atoms with Gasteiger partial charge in [0.25, 0.3) is 0 Å². The molecule has 3 aromatic rings. The number of hydrogen-bond acceptors (Lipinski definition) is 5. The van der Waals surface area contributed by atoms with Crippen LogP contribution in [0, 0.1) is 6.92 Å². The molecule has 0 saturated heterocycles. The summed E-state index contributed by atoms with van der Waals surface area (Å²) in [7, 11) is 1.74. The molecule has 0 atom stereocenters. The second-order valence-electron chi connectivity index (χ2n) is 5.28. The Kier molecular flexibility index (Phi) is 4.18. The minimum Gasteiger partial charge on any atom is -0.356 e. The van der Waals surface area contributed by atoms with Gasteiger partial charge in [-0.25, -0.2) is 4.79 Å². The van der Waals surface area contributed by atoms with Crippen molar-refractivity contribution in [1.82, 2.24) is 20.0 Å². The lowest BCUT2D eigenvalue weighted by Crippen LogP contribution is -2.33. The van der Waals surface area contributed by atoms with Crippen molar-refractivity contribution >= 4 is 22.7 Å². The third-order valence-electron chi connectivity index (χ3n) is 3.57. The average Bonchev–Trinajstić information content (AvgIpc) is 2.94. The molecule has 7 heteroatoms. The van der Waals surface area contributed by atoms with Crippen molar-refractivity contribution in [2.24, 2.45) is 0 Å². The summed E-state index contributed by atoms with van der Waals surface area (Å²) in [5, 5.41) is 7.69. The molecule has 2 aromatic heterocycles. The molecule has 7 nitrogen and oxygen atoms in total. The van der Waals surface area contributed by atoms with E-state index in [0.717, 1.165) is 16.8 Å². The summed E-state index contributed by atoms with van der Waals surface area (Å²) < 4.78 is 5.21. The molecule has 3 rings (SSSR count). The second kappa shape index (κ2) is 6.43. The highest BCUT2D eigenvalue weighted by Crippen LogP contribution is 2.21. The van der Waals surface area contributed by atoms with E-state index in [1.807, 2.05) is 19.1 Å². The van der Waals surface area contributed by atoms with Crippen molar-refractivity contribution in [3.63, 3.8) is 0 Å². The molecular weight excluding hydrogens is 294 g/mol. The highest BCUT2D eigenvalue weighted by Gasteiger charge is 2.11. The number of amides is 2. The zero-order valence-electron chi connectivity index (χ0n) is 13.0. The molecular formula is C16H17N5O2. The van der Waals surface area contributed by atoms with E-state index < -0.39 is 0 Å². The Morgan fingerprint density at radius 2 is 2.22 bits per heavy atom. The first-order valence-corrected chi connectivity index (χ1v) is 7.26. The maximum atomic E-state index is 12.2. The molecule has 2 heterocycles. The smallest absolute Gasteiger partial charge is 0.321 e. The van der Waals surface area contributed by atoms with Crippen molar-refractivity contribution in [1.29, 1.82) is 0 Å². The fraction of sp³-hybridized carbons (Fsp3) is 0.250. The number of carbonyl (C=O) groups is 1. The van der Waals surface area contributed by atoms with Gasteiger partial charge in [-0.3, -0.25) is 9.97 Å². The molecule has 0 unspecified atom stereocenters. The number of benzene rings is 1. The van der Waals surface area contributed by atoms with Crippen LogP contribution in [0.25, 0.3) is 11.0 Å². The van der Waals surface area contributed by atoms with E-state index in [0.29, 0.717) is 24.2 Å². The maximum absolute atomic E-state index is 12.2. The zero-order valence-corrected chi connectivity index (χ0v) is 13.0. The lowest BCUT2D eigenvalue weighted by Gasteiger charge is -2.17. The van der Waals surface area contributed by atoms with E-state index in [-0.39, 0.29) is 6.03 Å². The van der Waals surface area contributed by atoms with Crippen molar-refractivity contribution in [2.75, 3.05) is 18.9 Å². The van der Waals surface area contributed by atoms with Crippen LogP contribution in [0.5, 0.6) is 0 Å². The Labute approximate surface area is 133 Å². The third kappa shape index (κ3) is 3.45. The Balaban J connectivity index is 1.60. The largest absolute Gasteiger partial charge is 0.356 e. The predicted molar refractivity (Wildman–Crippen MR) is 86.1 cm³/mol. The summed E-state index contributed by atoms with van der Waals surface area (Å²) in [6.07, 6.45) is 5.62. The first-order valence-electron chi connectivity index (χ1n) is 7.26. The number of rotatable bonds is 4. The lowest BCUT2D eigenvalue weighted by molar-refractivity contribution is 0.223. The van der Waals surface area contributed by atoms with Gasteiger partial charge in [0.1, 0.15) is 0 Å². The van der Waals surface area contributed by atoms with Gasteiger partial charge in [0.2, 0.25) is 0 Å². The van der Waals surface area contributed by atoms with Crippen LogP contribution >= 0.6 is 0 Å². The van der Waals surface area contributed by atoms with Gasteiger partial charge in [-0.15, -0.1) is 0 Å². The number of aryl methyl sites for hydroxylation is 1. The SMILES string of the molecule is Cc1noc2cc(NC(=O)N(C)CCc3cnccn3)ccc12. The summed E-state index contributed by atoms with van der Waals surface area (Å²) in [6.45, 7) is 2.43. The van der Waals surface area contributed by atoms with Crippen LogP contribution in [0.3, 0.4) is 0 Å². The van der Waals surface area contributed by atoms with E-state index in [1.165, 1.54) is 0 Å². The molecule has 1 N–H and O–H groups in total. The molecule has 0 saturated carbocycles. The monoisotopic (exact) mass is 311 g/mol. The second-order valence-corrected chi connectivity index (χ2v) is 5.28. The van der Waals surface area contributed by atoms with E-state index in [9.17, 15) is 4.79 Å². The molecule has 118 valence electrons. The van der Waals surface area contributed by atoms with Crippen LogP contribution in [-0.2, 0) is 6.42 Å². The van der Waals surface area contributed by atoms with Crippen molar-refractivity contribution < 1.29 is 9.32 Å². The Morgan fingerprint density at radius 3 is 3.00 bits per heavy atom. The standard InChI is InChI=1S/C16H17N5O2/c1-11-14-4-3-12(9-15(14)23-20-11)19-16(22)21(2)8-5-13-10-17-6-7-18-13/h3-4,6-7,9-10H,5,8H2,1-2H3,(H,19,22). The molecule has 0 fully saturated rings. The maximum Gasteiger partial charge on any atom is 0.321 e. The van der Waals surface area contributed by atoms with Gasteiger partial charge in [0.05, 0.1) is 11.4 Å². The molecule has 1 aromatic carbocycles. The number of hydrogen-bond donors (Lipinski definition) is 1. The highest BCUT2D eigenvalue weighted by atomic mass is 16.5. The quantitative estimate of drug-likeness (QED) is 0.800. The van der Waals surface area contributed by atoms with E-state index in [2.05, 4.69) is 20.4 Å². The van der Waals surface area contributed by atoms with E-state index in [1.54, 1.807) is 36.6 Å². The van der Waals surface area contributed by atoms with Gasteiger partial charge in [-0.2, -0.15) is 0 Å². The Morgan fingerprint density at radius 1 is 1.35 bits per heavy atom. The Hall–Kier alpha value is -2.96. The van der Waals surface area contributed by atoms with Crippen molar-refractivity contribution in [3.05, 3.63) is 48.2 Å². The zero-order chi connectivity index (χ0) is 16.2. The average molecular weight is 311 g/mol. The van der Waals surface area contributed by atoms with Gasteiger partial charge in [-0.1, -0.05) is 5.16 Å². The number of likely N-dealkylation sites (N-methyl/N-ethyl adjacent to an activating group) is 1. The van der Waals surface area contributed by atoms with Crippen LogP contribution in [-0.4, -0.2) is 39.6 Å². The molecule has 0 spiro atoms. The summed E-state index contributed by atoms with van der Waals surface area (Å²) in [4.78, 5) is 22.0. The first-order chi connectivity index (χ1) is 11.1. The van der Waals surface area contributed by atoms with Gasteiger partial charge < -0.3 is 14.7 Å². The van der Waals surface area contributed by atoms with Crippen LogP contribution in [0.1, 0.15) is 11.4 Å². The van der Waals surface area contributed by atoms with Gasteiger partial charge in [-0.05, 0) is 19.1 Å². The normalized spacial score (nSPS) is 10.7. The fourth-order valence-corrected chi connectivity index (χ4v) is 2.20. The Bertz CT molecular complexity index is 816. The summed E-state index contributed by atoms with van der Waals surface area (Å²) in [6, 6.07) is 5.30. The predicted octanol–water partition coefficient (Wildman–Crippen LogP) is 2.63. The number of anilines is 1. The minimum absolute atomic E-state index is 0.190. The number of carbonyl (C=O) groups excluding carboxylic acids is 1. The highest BCUT2D eigenvalue weighted by molar-refractivity contribution is 5.92. The van der Waals surface area contributed by atoms with Crippen LogP contribution in [0.4, 0.5) is 10.5 Å². The number of aromatic nitrogens is 3. The lowest BCUT2D eigenvalue weighted by atomic mass is 10.2. The summed E-state index contributed by atoms with van der Waals surface area (Å²) in [5.74, 6) is 0. The fourth-order valence-electron chi connectivity index (χ4n) is 2.20. The molecule has 0 aliphatic carbocycles. The third-order valence-corrected chi connectivity index (χ3v) is 3.57. The number of urea groups is 1. The van der Waals surface area contributed by atoms with Crippen LogP contribution in [0.15, 0.2) is 41.3 Å². The first kappa shape index (κ1) is 15.0. The van der Waals surface area contributed by atoms with Gasteiger partial charge in [0.15, 0.2) is 5.58 Å². The number of nitrogens with one attached hydrogen (secondary N) is 1. The molecule has 0 bridgehead atoms. The molecule has 0 aliphatic rings.